The van der Waals surface area contributed by atoms with Crippen LogP contribution >= 0.6 is 0 Å². The van der Waals surface area contributed by atoms with Gasteiger partial charge in [-0.25, -0.2) is 4.21 Å². The molecular weight excluding hydrogens is 436 g/mol. The van der Waals surface area contributed by atoms with Crippen LogP contribution < -0.4 is 16.0 Å². The summed E-state index contributed by atoms with van der Waals surface area (Å²) in [6.07, 6.45) is 9.20. The summed E-state index contributed by atoms with van der Waals surface area (Å²) in [5.74, 6) is 0.474. The minimum absolute atomic E-state index is 0.247. The highest BCUT2D eigenvalue weighted by molar-refractivity contribution is 7.80. The monoisotopic (exact) mass is 476 g/mol. The van der Waals surface area contributed by atoms with E-state index in [-0.39, 0.29) is 18.2 Å². The van der Waals surface area contributed by atoms with Crippen LogP contribution in [0.3, 0.4) is 0 Å². The molecule has 4 rings (SSSR count). The molecule has 7 nitrogen and oxygen atoms in total. The van der Waals surface area contributed by atoms with E-state index < -0.39 is 16.0 Å². The number of rotatable bonds is 8. The highest BCUT2D eigenvalue weighted by Crippen LogP contribution is 2.43. The van der Waals surface area contributed by atoms with Crippen LogP contribution in [0.1, 0.15) is 56.9 Å². The maximum Gasteiger partial charge on any atom is 0.221 e. The third-order valence-corrected chi connectivity index (χ3v) is 9.42. The summed E-state index contributed by atoms with van der Waals surface area (Å²) < 4.78 is 24.0. The van der Waals surface area contributed by atoms with Gasteiger partial charge in [0.05, 0.1) is 6.42 Å². The van der Waals surface area contributed by atoms with E-state index in [0.717, 1.165) is 69.8 Å². The van der Waals surface area contributed by atoms with E-state index in [2.05, 4.69) is 21.2 Å². The maximum atomic E-state index is 13.2. The first-order chi connectivity index (χ1) is 16.0. The zero-order valence-corrected chi connectivity index (χ0v) is 20.5. The van der Waals surface area contributed by atoms with Crippen molar-refractivity contribution < 1.29 is 13.6 Å². The molecule has 4 N–H and O–H groups in total. The van der Waals surface area contributed by atoms with Crippen molar-refractivity contribution in [1.82, 2.24) is 10.2 Å². The zero-order valence-electron chi connectivity index (χ0n) is 19.7. The lowest BCUT2D eigenvalue weighted by atomic mass is 9.78. The first-order valence-corrected chi connectivity index (χ1v) is 13.8. The Morgan fingerprint density at radius 1 is 1.09 bits per heavy atom. The average Bonchev–Trinajstić information content (AvgIpc) is 2.83. The van der Waals surface area contributed by atoms with Crippen LogP contribution in [-0.2, 0) is 22.3 Å². The van der Waals surface area contributed by atoms with Gasteiger partial charge in [-0.05, 0) is 61.9 Å². The van der Waals surface area contributed by atoms with E-state index in [0.29, 0.717) is 5.92 Å². The van der Waals surface area contributed by atoms with Crippen molar-refractivity contribution in [3.05, 3.63) is 29.8 Å². The largest absolute Gasteiger partial charge is 0.369 e. The number of benzene rings is 1. The van der Waals surface area contributed by atoms with E-state index in [1.165, 1.54) is 32.1 Å². The molecule has 3 fully saturated rings. The third-order valence-electron chi connectivity index (χ3n) is 8.05. The summed E-state index contributed by atoms with van der Waals surface area (Å²) in [7, 11) is 0. The molecule has 3 aliphatic rings. The fraction of sp³-hybridized carbons (Fsp3) is 0.720. The number of carbonyl (C=O) groups is 1. The second kappa shape index (κ2) is 11.3. The Labute approximate surface area is 200 Å². The van der Waals surface area contributed by atoms with Gasteiger partial charge < -0.3 is 20.5 Å². The molecule has 0 bridgehead atoms. The number of piperazine rings is 1. The zero-order chi connectivity index (χ0) is 23.3. The fourth-order valence-corrected chi connectivity index (χ4v) is 7.67. The second-order valence-electron chi connectivity index (χ2n) is 10.1. The standard InChI is InChI=1S/C25H40N4O3S/c26-24(30)18-21-7-4-8-23(17-21)28-13-15-29(16-14-28)25(33(31)32,22-9-11-27-12-10-22)19-20-5-2-1-3-6-20/h4,7-8,17,20,22,27H,1-3,5-6,9-16,18-19H2,(H2,26,30)(H,31,32). The van der Waals surface area contributed by atoms with E-state index in [1.54, 1.807) is 0 Å². The van der Waals surface area contributed by atoms with Gasteiger partial charge in [-0.3, -0.25) is 9.69 Å². The second-order valence-corrected chi connectivity index (χ2v) is 11.3. The molecule has 2 heterocycles. The van der Waals surface area contributed by atoms with Crippen molar-refractivity contribution in [3.8, 4) is 0 Å². The molecule has 2 atom stereocenters. The quantitative estimate of drug-likeness (QED) is 0.499. The average molecular weight is 477 g/mol. The minimum Gasteiger partial charge on any atom is -0.369 e. The van der Waals surface area contributed by atoms with Gasteiger partial charge in [-0.15, -0.1) is 0 Å². The molecule has 8 heteroatoms. The molecule has 1 amide bonds. The van der Waals surface area contributed by atoms with Crippen LogP contribution in [0.25, 0.3) is 0 Å². The lowest BCUT2D eigenvalue weighted by molar-refractivity contribution is -0.117. The van der Waals surface area contributed by atoms with Crippen molar-refractivity contribution in [1.29, 1.82) is 0 Å². The van der Waals surface area contributed by atoms with Crippen LogP contribution in [0, 0.1) is 11.8 Å². The molecule has 33 heavy (non-hydrogen) atoms. The number of carbonyl (C=O) groups excluding carboxylic acids is 1. The van der Waals surface area contributed by atoms with Crippen LogP contribution in [0.15, 0.2) is 24.3 Å². The fourth-order valence-electron chi connectivity index (χ4n) is 6.36. The van der Waals surface area contributed by atoms with Crippen molar-refractivity contribution >= 4 is 22.7 Å². The molecule has 2 unspecified atom stereocenters. The highest BCUT2D eigenvalue weighted by Gasteiger charge is 2.51. The normalized spacial score (nSPS) is 24.3. The van der Waals surface area contributed by atoms with Crippen molar-refractivity contribution in [2.45, 2.75) is 62.7 Å². The van der Waals surface area contributed by atoms with Crippen molar-refractivity contribution in [2.75, 3.05) is 44.2 Å². The Morgan fingerprint density at radius 2 is 1.79 bits per heavy atom. The SMILES string of the molecule is NC(=O)Cc1cccc(N2CCN(C(CC3CCCCC3)(C3CCNCC3)S(=O)O)CC2)c1. The van der Waals surface area contributed by atoms with E-state index in [9.17, 15) is 13.6 Å². The smallest absolute Gasteiger partial charge is 0.221 e. The molecule has 0 aromatic heterocycles. The van der Waals surface area contributed by atoms with Crippen molar-refractivity contribution in [3.63, 3.8) is 0 Å². The minimum atomic E-state index is -1.90. The van der Waals surface area contributed by atoms with E-state index >= 15 is 0 Å². The number of anilines is 1. The maximum absolute atomic E-state index is 13.2. The number of nitrogens with one attached hydrogen (secondary N) is 1. The molecule has 2 saturated heterocycles. The summed E-state index contributed by atoms with van der Waals surface area (Å²) in [5, 5.41) is 3.44. The van der Waals surface area contributed by atoms with Gasteiger partial charge >= 0.3 is 0 Å². The first-order valence-electron chi connectivity index (χ1n) is 12.7. The van der Waals surface area contributed by atoms with Gasteiger partial charge in [-0.2, -0.15) is 0 Å². The Morgan fingerprint density at radius 3 is 2.42 bits per heavy atom. The molecule has 0 spiro atoms. The molecule has 0 radical (unpaired) electrons. The van der Waals surface area contributed by atoms with E-state index in [1.807, 2.05) is 18.2 Å². The summed E-state index contributed by atoms with van der Waals surface area (Å²) in [5.41, 5.74) is 7.41. The lowest BCUT2D eigenvalue weighted by Crippen LogP contribution is -2.64. The van der Waals surface area contributed by atoms with Crippen molar-refractivity contribution in [2.24, 2.45) is 17.6 Å². The third kappa shape index (κ3) is 5.78. The number of piperidine rings is 1. The van der Waals surface area contributed by atoms with Crippen LogP contribution in [0.5, 0.6) is 0 Å². The summed E-state index contributed by atoms with van der Waals surface area (Å²) in [6.45, 7) is 5.05. The Hall–Kier alpha value is -1.48. The molecule has 1 aliphatic carbocycles. The molecular formula is C25H40N4O3S. The van der Waals surface area contributed by atoms with Crippen LogP contribution in [-0.4, -0.2) is 63.7 Å². The number of primary amides is 1. The number of amides is 1. The predicted octanol–water partition coefficient (Wildman–Crippen LogP) is 2.72. The predicted molar refractivity (Wildman–Crippen MR) is 133 cm³/mol. The molecule has 2 aliphatic heterocycles. The molecule has 1 saturated carbocycles. The van der Waals surface area contributed by atoms with Gasteiger partial charge in [0.2, 0.25) is 5.91 Å². The van der Waals surface area contributed by atoms with Gasteiger partial charge in [0.1, 0.15) is 4.87 Å². The highest BCUT2D eigenvalue weighted by atomic mass is 32.2. The molecule has 1 aromatic rings. The Kier molecular flexibility index (Phi) is 8.43. The lowest BCUT2D eigenvalue weighted by Gasteiger charge is -2.52. The summed E-state index contributed by atoms with van der Waals surface area (Å²) >= 11 is -1.90. The van der Waals surface area contributed by atoms with Gasteiger partial charge in [0, 0.05) is 31.9 Å². The van der Waals surface area contributed by atoms with Gasteiger partial charge in [0.15, 0.2) is 11.1 Å². The number of nitrogens with two attached hydrogens (primary N) is 1. The Balaban J connectivity index is 1.52. The summed E-state index contributed by atoms with van der Waals surface area (Å²) in [4.78, 5) is 15.4. The topological polar surface area (TPSA) is 98.9 Å². The summed E-state index contributed by atoms with van der Waals surface area (Å²) in [6, 6.07) is 8.04. The first kappa shape index (κ1) is 24.6. The van der Waals surface area contributed by atoms with Crippen LogP contribution in [0.4, 0.5) is 5.69 Å². The number of hydrogen-bond donors (Lipinski definition) is 3. The van der Waals surface area contributed by atoms with E-state index in [4.69, 9.17) is 5.73 Å². The van der Waals surface area contributed by atoms with Crippen LogP contribution in [0.2, 0.25) is 0 Å². The Bertz CT molecular complexity index is 818. The number of nitrogens with zero attached hydrogens (tertiary/aromatic N) is 2. The molecule has 184 valence electrons. The molecule has 1 aromatic carbocycles. The van der Waals surface area contributed by atoms with Gasteiger partial charge in [0.25, 0.3) is 0 Å². The number of hydrogen-bond acceptors (Lipinski definition) is 5. The van der Waals surface area contributed by atoms with Gasteiger partial charge in [-0.1, -0.05) is 44.2 Å².